The van der Waals surface area contributed by atoms with Crippen LogP contribution in [0.4, 0.5) is 30.7 Å². The average molecular weight is 329 g/mol. The third-order valence-corrected chi connectivity index (χ3v) is 2.84. The Morgan fingerprint density at radius 2 is 1.73 bits per heavy atom. The first-order valence-corrected chi connectivity index (χ1v) is 5.54. The number of benzene rings is 1. The molecule has 1 N–H and O–H groups in total. The van der Waals surface area contributed by atoms with Crippen molar-refractivity contribution in [1.29, 1.82) is 0 Å². The lowest BCUT2D eigenvalue weighted by Gasteiger charge is -2.09. The highest BCUT2D eigenvalue weighted by Crippen LogP contribution is 2.40. The third kappa shape index (κ3) is 2.60. The number of aromatic amines is 1. The number of hydrogen-bond donors (Lipinski definition) is 1. The minimum Gasteiger partial charge on any atom is -0.497 e. The van der Waals surface area contributed by atoms with Crippen LogP contribution in [0, 0.1) is 5.82 Å². The first-order chi connectivity index (χ1) is 9.96. The molecule has 0 unspecified atom stereocenters. The number of halogens is 7. The molecular formula is C12H6F7NO2. The highest BCUT2D eigenvalue weighted by Gasteiger charge is 2.47. The molecule has 1 aromatic heterocycles. The number of ketones is 1. The van der Waals surface area contributed by atoms with Crippen molar-refractivity contribution in [2.75, 3.05) is 7.11 Å². The topological polar surface area (TPSA) is 42.1 Å². The van der Waals surface area contributed by atoms with Crippen LogP contribution in [-0.2, 0) is 6.18 Å². The van der Waals surface area contributed by atoms with E-state index in [0.717, 1.165) is 13.2 Å². The summed E-state index contributed by atoms with van der Waals surface area (Å²) in [6, 6.07) is 1.41. The van der Waals surface area contributed by atoms with Gasteiger partial charge in [0, 0.05) is 11.5 Å². The maximum absolute atomic E-state index is 13.7. The largest absolute Gasteiger partial charge is 0.497 e. The Kier molecular flexibility index (Phi) is 3.58. The Bertz CT molecular complexity index is 742. The smallest absolute Gasteiger partial charge is 0.454 e. The van der Waals surface area contributed by atoms with Gasteiger partial charge in [-0.25, -0.2) is 4.39 Å². The molecule has 0 aliphatic carbocycles. The third-order valence-electron chi connectivity index (χ3n) is 2.84. The van der Waals surface area contributed by atoms with Crippen molar-refractivity contribution >= 4 is 16.7 Å². The van der Waals surface area contributed by atoms with E-state index in [9.17, 15) is 35.5 Å². The van der Waals surface area contributed by atoms with Crippen LogP contribution >= 0.6 is 0 Å². The van der Waals surface area contributed by atoms with E-state index in [1.807, 2.05) is 0 Å². The van der Waals surface area contributed by atoms with Gasteiger partial charge in [-0.2, -0.15) is 26.3 Å². The normalized spacial score (nSPS) is 12.7. The summed E-state index contributed by atoms with van der Waals surface area (Å²) >= 11 is 0. The lowest BCUT2D eigenvalue weighted by molar-refractivity contribution is -0.141. The number of rotatable bonds is 2. The van der Waals surface area contributed by atoms with Gasteiger partial charge in [0.2, 0.25) is 0 Å². The van der Waals surface area contributed by atoms with Gasteiger partial charge in [0.05, 0.1) is 18.2 Å². The molecule has 1 heterocycles. The molecule has 0 saturated heterocycles. The van der Waals surface area contributed by atoms with E-state index in [1.165, 1.54) is 4.98 Å². The molecule has 0 saturated carbocycles. The van der Waals surface area contributed by atoms with Gasteiger partial charge in [-0.3, -0.25) is 4.79 Å². The highest BCUT2D eigenvalue weighted by molar-refractivity contribution is 6.12. The van der Waals surface area contributed by atoms with Crippen LogP contribution in [0.2, 0.25) is 0 Å². The Morgan fingerprint density at radius 3 is 2.18 bits per heavy atom. The van der Waals surface area contributed by atoms with Crippen molar-refractivity contribution in [3.63, 3.8) is 0 Å². The monoisotopic (exact) mass is 329 g/mol. The van der Waals surface area contributed by atoms with Gasteiger partial charge in [-0.05, 0) is 6.07 Å². The molecule has 22 heavy (non-hydrogen) atoms. The number of hydrogen-bond acceptors (Lipinski definition) is 2. The van der Waals surface area contributed by atoms with Gasteiger partial charge >= 0.3 is 12.4 Å². The number of alkyl halides is 6. The molecule has 2 rings (SSSR count). The predicted molar refractivity (Wildman–Crippen MR) is 60.2 cm³/mol. The van der Waals surface area contributed by atoms with E-state index >= 15 is 0 Å². The second-order valence-corrected chi connectivity index (χ2v) is 4.23. The van der Waals surface area contributed by atoms with Gasteiger partial charge in [-0.1, -0.05) is 0 Å². The summed E-state index contributed by atoms with van der Waals surface area (Å²) in [6.45, 7) is 0. The second-order valence-electron chi connectivity index (χ2n) is 4.23. The maximum atomic E-state index is 13.7. The van der Waals surface area contributed by atoms with Gasteiger partial charge < -0.3 is 9.72 Å². The molecule has 1 aromatic carbocycles. The summed E-state index contributed by atoms with van der Waals surface area (Å²) in [5, 5.41) is -0.855. The highest BCUT2D eigenvalue weighted by atomic mass is 19.4. The average Bonchev–Trinajstić information content (AvgIpc) is 2.76. The number of H-pyrrole nitrogens is 1. The van der Waals surface area contributed by atoms with Gasteiger partial charge in [0.25, 0.3) is 5.78 Å². The zero-order chi connectivity index (χ0) is 16.9. The van der Waals surface area contributed by atoms with Crippen LogP contribution < -0.4 is 4.74 Å². The number of aromatic nitrogens is 1. The maximum Gasteiger partial charge on any atom is 0.454 e. The minimum atomic E-state index is -5.55. The summed E-state index contributed by atoms with van der Waals surface area (Å²) < 4.78 is 94.4. The Balaban J connectivity index is 2.90. The van der Waals surface area contributed by atoms with Crippen LogP contribution in [0.3, 0.4) is 0 Å². The summed E-state index contributed by atoms with van der Waals surface area (Å²) in [5.74, 6) is -4.33. The summed E-state index contributed by atoms with van der Waals surface area (Å²) in [7, 11) is 1.04. The van der Waals surface area contributed by atoms with Gasteiger partial charge in [-0.15, -0.1) is 0 Å². The van der Waals surface area contributed by atoms with Crippen molar-refractivity contribution in [3.05, 3.63) is 29.2 Å². The van der Waals surface area contributed by atoms with Crippen molar-refractivity contribution in [1.82, 2.24) is 4.98 Å². The van der Waals surface area contributed by atoms with Crippen LogP contribution in [0.5, 0.6) is 5.75 Å². The molecule has 0 atom stereocenters. The SMILES string of the molecule is COc1cc(F)c2[nH]c(C(F)(F)F)c(C(=O)C(F)(F)F)c2c1. The zero-order valence-corrected chi connectivity index (χ0v) is 10.6. The molecule has 2 aromatic rings. The molecular weight excluding hydrogens is 323 g/mol. The molecule has 0 aliphatic rings. The predicted octanol–water partition coefficient (Wildman–Crippen LogP) is 4.08. The fourth-order valence-corrected chi connectivity index (χ4v) is 1.94. The van der Waals surface area contributed by atoms with E-state index in [4.69, 9.17) is 0 Å². The molecule has 3 nitrogen and oxygen atoms in total. The lowest BCUT2D eigenvalue weighted by Crippen LogP contribution is -2.25. The molecule has 120 valence electrons. The standard InChI is InChI=1S/C12H6F7NO2/c1-22-4-2-5-7(10(21)12(17,18)19)9(11(14,15)16)20-8(5)6(13)3-4/h2-3,20H,1H3. The van der Waals surface area contributed by atoms with Gasteiger partial charge in [0.1, 0.15) is 11.4 Å². The van der Waals surface area contributed by atoms with Crippen LogP contribution in [0.15, 0.2) is 12.1 Å². The number of ether oxygens (including phenoxy) is 1. The Morgan fingerprint density at radius 1 is 1.14 bits per heavy atom. The van der Waals surface area contributed by atoms with E-state index in [-0.39, 0.29) is 5.75 Å². The Labute approximate surface area is 117 Å². The number of nitrogens with one attached hydrogen (secondary N) is 1. The fourth-order valence-electron chi connectivity index (χ4n) is 1.94. The Hall–Kier alpha value is -2.26. The number of carbonyl (C=O) groups is 1. The number of Topliss-reactive ketones (excluding diaryl/α,β-unsaturated/α-hetero) is 1. The number of fused-ring (bicyclic) bond motifs is 1. The molecule has 0 radical (unpaired) electrons. The number of carbonyl (C=O) groups excluding carboxylic acids is 1. The van der Waals surface area contributed by atoms with E-state index in [2.05, 4.69) is 4.74 Å². The van der Waals surface area contributed by atoms with Crippen LogP contribution in [-0.4, -0.2) is 24.1 Å². The fraction of sp³-hybridized carbons (Fsp3) is 0.250. The minimum absolute atomic E-state index is 0.325. The number of methoxy groups -OCH3 is 1. The van der Waals surface area contributed by atoms with Crippen LogP contribution in [0.1, 0.15) is 16.1 Å². The van der Waals surface area contributed by atoms with E-state index < -0.39 is 46.1 Å². The second kappa shape index (κ2) is 4.89. The molecule has 0 bridgehead atoms. The molecule has 0 spiro atoms. The summed E-state index contributed by atoms with van der Waals surface area (Å²) in [6.07, 6.45) is -10.8. The van der Waals surface area contributed by atoms with Crippen molar-refractivity contribution in [2.45, 2.75) is 12.4 Å². The zero-order valence-electron chi connectivity index (χ0n) is 10.6. The van der Waals surface area contributed by atoms with E-state index in [0.29, 0.717) is 6.07 Å². The summed E-state index contributed by atoms with van der Waals surface area (Å²) in [4.78, 5) is 12.8. The molecule has 10 heteroatoms. The van der Waals surface area contributed by atoms with Crippen LogP contribution in [0.25, 0.3) is 10.9 Å². The molecule has 0 amide bonds. The van der Waals surface area contributed by atoms with Crippen molar-refractivity contribution < 1.29 is 40.3 Å². The molecule has 0 aliphatic heterocycles. The first kappa shape index (κ1) is 16.1. The summed E-state index contributed by atoms with van der Waals surface area (Å²) in [5.41, 5.74) is -4.51. The van der Waals surface area contributed by atoms with Gasteiger partial charge in [0.15, 0.2) is 5.82 Å². The first-order valence-electron chi connectivity index (χ1n) is 5.54. The van der Waals surface area contributed by atoms with E-state index in [1.54, 1.807) is 0 Å². The van der Waals surface area contributed by atoms with Crippen molar-refractivity contribution in [2.24, 2.45) is 0 Å². The quantitative estimate of drug-likeness (QED) is 0.666. The lowest BCUT2D eigenvalue weighted by atomic mass is 10.1. The molecule has 0 fully saturated rings. The van der Waals surface area contributed by atoms with Crippen molar-refractivity contribution in [3.8, 4) is 5.75 Å².